The summed E-state index contributed by atoms with van der Waals surface area (Å²) in [6, 6.07) is 23.0. The van der Waals surface area contributed by atoms with Crippen molar-refractivity contribution in [3.05, 3.63) is 128 Å². The molecule has 4 aromatic rings. The Morgan fingerprint density at radius 3 is 0.900 bits per heavy atom. The third kappa shape index (κ3) is 12.0. The van der Waals surface area contributed by atoms with Crippen LogP contribution in [0.5, 0.6) is 23.0 Å². The van der Waals surface area contributed by atoms with Crippen LogP contribution in [0.2, 0.25) is 0 Å². The Kier molecular flexibility index (Phi) is 17.2. The third-order valence-corrected chi connectivity index (χ3v) is 13.7. The Balaban J connectivity index is 1.37. The van der Waals surface area contributed by atoms with E-state index in [2.05, 4.69) is 63.2 Å². The van der Waals surface area contributed by atoms with Crippen LogP contribution in [0.25, 0.3) is 0 Å². The minimum atomic E-state index is -0.666. The highest BCUT2D eigenvalue weighted by atomic mass is 16.5. The molecule has 0 bridgehead atoms. The molecule has 0 saturated heterocycles. The van der Waals surface area contributed by atoms with Gasteiger partial charge in [0.2, 0.25) is 0 Å². The van der Waals surface area contributed by atoms with Gasteiger partial charge >= 0.3 is 11.7 Å². The minimum absolute atomic E-state index is 0.429. The SMILES string of the molecule is CCCCOc1cc(C#Cc2cc(OCCCC)c(C#Cc3ccc(C4=[N+]([O-])C(C)(C)C(C)(C)[N]4)cc3)cc2OCCCC)c(OCCCC)cc1C#Cc1ccc(C2=[N+]([O-])C(C)(C)C(C)(C)[N]2)cc1. The normalized spacial score (nSPS) is 15.9. The van der Waals surface area contributed by atoms with Crippen molar-refractivity contribution in [2.24, 2.45) is 0 Å². The van der Waals surface area contributed by atoms with E-state index in [-0.39, 0.29) is 0 Å². The molecule has 6 rings (SSSR count). The van der Waals surface area contributed by atoms with Gasteiger partial charge in [-0.1, -0.05) is 99.5 Å². The summed E-state index contributed by atoms with van der Waals surface area (Å²) in [6.45, 7) is 26.2. The number of amidine groups is 2. The molecular weight excluding hydrogens is 873 g/mol. The second kappa shape index (κ2) is 22.8. The van der Waals surface area contributed by atoms with Gasteiger partial charge in [0.25, 0.3) is 0 Å². The van der Waals surface area contributed by atoms with Gasteiger partial charge in [-0.2, -0.15) is 0 Å². The molecule has 0 saturated carbocycles. The van der Waals surface area contributed by atoms with Gasteiger partial charge < -0.3 is 29.4 Å². The number of hydrogen-bond donors (Lipinski definition) is 0. The van der Waals surface area contributed by atoms with Gasteiger partial charge in [0.15, 0.2) is 11.1 Å². The molecule has 368 valence electrons. The molecule has 70 heavy (non-hydrogen) atoms. The van der Waals surface area contributed by atoms with Crippen LogP contribution in [0.15, 0.2) is 72.8 Å². The lowest BCUT2D eigenvalue weighted by Gasteiger charge is -2.30. The van der Waals surface area contributed by atoms with Crippen molar-refractivity contribution in [1.29, 1.82) is 0 Å². The van der Waals surface area contributed by atoms with E-state index in [1.807, 2.05) is 128 Å². The van der Waals surface area contributed by atoms with Gasteiger partial charge in [-0.25, -0.2) is 0 Å². The van der Waals surface area contributed by atoms with Crippen molar-refractivity contribution in [2.75, 3.05) is 26.4 Å². The van der Waals surface area contributed by atoms with Gasteiger partial charge in [0.05, 0.1) is 59.8 Å². The monoisotopic (exact) mass is 945 g/mol. The Hall–Kier alpha value is -6.70. The number of hydrogen-bond acceptors (Lipinski definition) is 6. The zero-order valence-corrected chi connectivity index (χ0v) is 43.7. The molecule has 2 heterocycles. The molecule has 2 aliphatic rings. The maximum absolute atomic E-state index is 13.2. The van der Waals surface area contributed by atoms with Crippen LogP contribution < -0.4 is 29.6 Å². The fourth-order valence-corrected chi connectivity index (χ4v) is 7.40. The maximum Gasteiger partial charge on any atom is 0.324 e. The topological polar surface area (TPSA) is 117 Å². The van der Waals surface area contributed by atoms with Gasteiger partial charge in [-0.05, 0) is 130 Å². The summed E-state index contributed by atoms with van der Waals surface area (Å²) in [6.07, 6.45) is 7.41. The first-order chi connectivity index (χ1) is 33.4. The molecule has 0 aromatic heterocycles. The number of benzene rings is 4. The van der Waals surface area contributed by atoms with E-state index in [0.29, 0.717) is 83.4 Å². The van der Waals surface area contributed by atoms with E-state index >= 15 is 0 Å². The molecule has 0 atom stereocenters. The van der Waals surface area contributed by atoms with Gasteiger partial charge in [-0.3, -0.25) is 9.48 Å². The summed E-state index contributed by atoms with van der Waals surface area (Å²) < 4.78 is 27.7. The van der Waals surface area contributed by atoms with Crippen LogP contribution in [-0.2, 0) is 0 Å². The molecular formula is C60H72N4O6. The van der Waals surface area contributed by atoms with Crippen LogP contribution in [-0.4, -0.2) is 69.7 Å². The molecule has 0 N–H and O–H groups in total. The first-order valence-electron chi connectivity index (χ1n) is 25.2. The largest absolute Gasteiger partial charge is 0.714 e. The molecule has 10 nitrogen and oxygen atoms in total. The molecule has 4 aromatic carbocycles. The molecule has 10 heteroatoms. The summed E-state index contributed by atoms with van der Waals surface area (Å²) in [7, 11) is 0. The highest BCUT2D eigenvalue weighted by Gasteiger charge is 2.56. The van der Waals surface area contributed by atoms with E-state index in [1.165, 1.54) is 0 Å². The Labute approximate surface area is 418 Å². The van der Waals surface area contributed by atoms with E-state index in [4.69, 9.17) is 29.6 Å². The van der Waals surface area contributed by atoms with Crippen LogP contribution in [0, 0.1) is 45.9 Å². The average molecular weight is 945 g/mol. The second-order valence-electron chi connectivity index (χ2n) is 20.1. The standard InChI is InChI=1S/C60H72N4O6/c1-13-17-35-67-51-41-49(53(69-37-19-15-3)39-47(51)31-25-43-21-27-45(28-22-43)55-61-57(5,6)59(9,10)63(55)65)33-34-50-42-52(68-36-18-14-2)48(40-54(50)70-38-20-16-4)32-26-44-23-29-46(30-24-44)56-62-58(7,8)60(11,12)64(56)66/h21-24,27-30,39-42H,13-20,35-38H2,1-12H3. The van der Waals surface area contributed by atoms with Crippen molar-refractivity contribution in [3.63, 3.8) is 0 Å². The maximum atomic E-state index is 13.2. The van der Waals surface area contributed by atoms with E-state index < -0.39 is 22.2 Å². The highest BCUT2D eigenvalue weighted by molar-refractivity contribution is 5.97. The Morgan fingerprint density at radius 2 is 0.671 bits per heavy atom. The molecule has 0 spiro atoms. The lowest BCUT2D eigenvalue weighted by Crippen LogP contribution is -2.50. The Morgan fingerprint density at radius 1 is 0.414 bits per heavy atom. The third-order valence-electron chi connectivity index (χ3n) is 13.7. The highest BCUT2D eigenvalue weighted by Crippen LogP contribution is 2.35. The second-order valence-corrected chi connectivity index (χ2v) is 20.1. The number of unbranched alkanes of at least 4 members (excludes halogenated alkanes) is 4. The van der Waals surface area contributed by atoms with E-state index in [1.54, 1.807) is 0 Å². The summed E-state index contributed by atoms with van der Waals surface area (Å²) in [5.41, 5.74) is 3.40. The summed E-state index contributed by atoms with van der Waals surface area (Å²) >= 11 is 0. The zero-order valence-electron chi connectivity index (χ0n) is 43.7. The minimum Gasteiger partial charge on any atom is -0.714 e. The number of rotatable bonds is 18. The van der Waals surface area contributed by atoms with Gasteiger partial charge in [0, 0.05) is 35.4 Å². The number of ether oxygens (including phenoxy) is 4. The average Bonchev–Trinajstić information content (AvgIpc) is 3.61. The van der Waals surface area contributed by atoms with Crippen molar-refractivity contribution in [3.8, 4) is 58.5 Å². The van der Waals surface area contributed by atoms with Crippen LogP contribution in [0.4, 0.5) is 0 Å². The predicted octanol–water partition coefficient (Wildman–Crippen LogP) is 11.5. The van der Waals surface area contributed by atoms with Crippen molar-refractivity contribution < 1.29 is 28.4 Å². The fourth-order valence-electron chi connectivity index (χ4n) is 7.40. The Bertz CT molecular complexity index is 2560. The summed E-state index contributed by atoms with van der Waals surface area (Å²) in [5.74, 6) is 23.5. The lowest BCUT2D eigenvalue weighted by atomic mass is 9.84. The van der Waals surface area contributed by atoms with Gasteiger partial charge in [-0.15, -0.1) is 0 Å². The molecule has 0 unspecified atom stereocenters. The molecule has 0 fully saturated rings. The summed E-state index contributed by atoms with van der Waals surface area (Å²) in [5, 5.41) is 36.1. The van der Waals surface area contributed by atoms with Crippen molar-refractivity contribution in [1.82, 2.24) is 10.6 Å². The predicted molar refractivity (Wildman–Crippen MR) is 281 cm³/mol. The first-order valence-corrected chi connectivity index (χ1v) is 25.2. The van der Waals surface area contributed by atoms with E-state index in [0.717, 1.165) is 83.1 Å². The van der Waals surface area contributed by atoms with Crippen LogP contribution >= 0.6 is 0 Å². The number of hydroxylamine groups is 2. The zero-order chi connectivity index (χ0) is 50.7. The first kappa shape index (κ1) is 52.7. The molecule has 2 aliphatic heterocycles. The molecule has 0 aliphatic carbocycles. The van der Waals surface area contributed by atoms with E-state index in [9.17, 15) is 10.4 Å². The smallest absolute Gasteiger partial charge is 0.324 e. The molecule has 2 radical (unpaired) electrons. The number of nitrogens with zero attached hydrogens (tertiary/aromatic N) is 4. The quantitative estimate of drug-likeness (QED) is 0.0424. The van der Waals surface area contributed by atoms with Gasteiger partial charge in [0.1, 0.15) is 34.1 Å². The van der Waals surface area contributed by atoms with Crippen LogP contribution in [0.3, 0.4) is 0 Å². The van der Waals surface area contributed by atoms with Crippen LogP contribution in [0.1, 0.15) is 179 Å². The lowest BCUT2D eigenvalue weighted by molar-refractivity contribution is -0.539. The fraction of sp³-hybridized carbons (Fsp3) is 0.467. The summed E-state index contributed by atoms with van der Waals surface area (Å²) in [4.78, 5) is 0. The molecule has 0 amide bonds. The van der Waals surface area contributed by atoms with Crippen molar-refractivity contribution in [2.45, 2.75) is 157 Å². The van der Waals surface area contributed by atoms with Crippen molar-refractivity contribution >= 4 is 11.7 Å².